The minimum Gasteiger partial charge on any atom is -0.341 e. The van der Waals surface area contributed by atoms with Gasteiger partial charge in [0.05, 0.1) is 5.92 Å². The SMILES string of the molecule is CCCN1CCN(C(=O)c2nccn2C)C[C@H](Cc2ccc(-c3cccs3)cc2)C1=O. The molecule has 6 nitrogen and oxygen atoms in total. The van der Waals surface area contributed by atoms with Crippen LogP contribution in [0.15, 0.2) is 54.2 Å². The lowest BCUT2D eigenvalue weighted by Crippen LogP contribution is -2.38. The highest BCUT2D eigenvalue weighted by Crippen LogP contribution is 2.26. The maximum Gasteiger partial charge on any atom is 0.289 e. The highest BCUT2D eigenvalue weighted by atomic mass is 32.1. The van der Waals surface area contributed by atoms with Crippen molar-refractivity contribution >= 4 is 23.2 Å². The topological polar surface area (TPSA) is 58.4 Å². The molecule has 31 heavy (non-hydrogen) atoms. The summed E-state index contributed by atoms with van der Waals surface area (Å²) in [6.07, 6.45) is 4.92. The maximum atomic E-state index is 13.3. The van der Waals surface area contributed by atoms with Gasteiger partial charge in [0, 0.05) is 50.5 Å². The summed E-state index contributed by atoms with van der Waals surface area (Å²) in [5, 5.41) is 2.07. The minimum absolute atomic E-state index is 0.114. The van der Waals surface area contributed by atoms with Crippen molar-refractivity contribution in [1.29, 1.82) is 0 Å². The molecule has 4 rings (SSSR count). The smallest absolute Gasteiger partial charge is 0.289 e. The van der Waals surface area contributed by atoms with Crippen molar-refractivity contribution in [3.8, 4) is 10.4 Å². The Morgan fingerprint density at radius 1 is 1.19 bits per heavy atom. The molecule has 1 atom stereocenters. The number of hydrogen-bond acceptors (Lipinski definition) is 4. The van der Waals surface area contributed by atoms with E-state index in [0.29, 0.717) is 31.9 Å². The molecule has 3 heterocycles. The third kappa shape index (κ3) is 4.71. The van der Waals surface area contributed by atoms with Crippen LogP contribution in [-0.4, -0.2) is 57.3 Å². The average molecular weight is 437 g/mol. The molecule has 0 unspecified atom stereocenters. The van der Waals surface area contributed by atoms with Crippen molar-refractivity contribution < 1.29 is 9.59 Å². The van der Waals surface area contributed by atoms with Crippen LogP contribution in [0.25, 0.3) is 10.4 Å². The van der Waals surface area contributed by atoms with Crippen molar-refractivity contribution in [1.82, 2.24) is 19.4 Å². The molecule has 0 spiro atoms. The first-order valence-corrected chi connectivity index (χ1v) is 11.6. The number of rotatable bonds is 6. The van der Waals surface area contributed by atoms with Crippen LogP contribution in [0.4, 0.5) is 0 Å². The summed E-state index contributed by atoms with van der Waals surface area (Å²) in [5.41, 5.74) is 2.30. The van der Waals surface area contributed by atoms with Crippen LogP contribution in [0.1, 0.15) is 29.5 Å². The lowest BCUT2D eigenvalue weighted by Gasteiger charge is -2.24. The van der Waals surface area contributed by atoms with E-state index in [4.69, 9.17) is 0 Å². The molecular formula is C24H28N4O2S. The monoisotopic (exact) mass is 436 g/mol. The molecule has 1 saturated heterocycles. The molecule has 7 heteroatoms. The standard InChI is InChI=1S/C24H28N4O2S/c1-3-11-27-13-14-28(24(30)22-25-10-12-26(22)2)17-20(23(27)29)16-18-6-8-19(9-7-18)21-5-4-15-31-21/h4-10,12,15,20H,3,11,13-14,16-17H2,1-2H3/t20-/m0/s1. The van der Waals surface area contributed by atoms with Gasteiger partial charge in [-0.15, -0.1) is 11.3 Å². The summed E-state index contributed by atoms with van der Waals surface area (Å²) in [5.74, 6) is 0.178. The molecular weight excluding hydrogens is 408 g/mol. The number of benzene rings is 1. The van der Waals surface area contributed by atoms with Crippen LogP contribution in [0.2, 0.25) is 0 Å². The summed E-state index contributed by atoms with van der Waals surface area (Å²) < 4.78 is 1.73. The zero-order valence-electron chi connectivity index (χ0n) is 18.0. The van der Waals surface area contributed by atoms with Gasteiger partial charge in [0.25, 0.3) is 5.91 Å². The van der Waals surface area contributed by atoms with Gasteiger partial charge in [0.2, 0.25) is 5.91 Å². The van der Waals surface area contributed by atoms with Crippen LogP contribution in [0.5, 0.6) is 0 Å². The van der Waals surface area contributed by atoms with Gasteiger partial charge in [-0.2, -0.15) is 0 Å². The Bertz CT molecular complexity index is 1030. The predicted molar refractivity (Wildman–Crippen MR) is 123 cm³/mol. The summed E-state index contributed by atoms with van der Waals surface area (Å²) in [4.78, 5) is 35.5. The van der Waals surface area contributed by atoms with E-state index in [2.05, 4.69) is 47.6 Å². The average Bonchev–Trinajstić information content (AvgIpc) is 3.43. The highest BCUT2D eigenvalue weighted by Gasteiger charge is 2.33. The molecule has 1 aromatic carbocycles. The molecule has 0 saturated carbocycles. The normalized spacial score (nSPS) is 17.1. The van der Waals surface area contributed by atoms with Gasteiger partial charge in [-0.25, -0.2) is 4.98 Å². The molecule has 2 amide bonds. The van der Waals surface area contributed by atoms with Gasteiger partial charge >= 0.3 is 0 Å². The van der Waals surface area contributed by atoms with Crippen molar-refractivity contribution in [2.75, 3.05) is 26.2 Å². The molecule has 1 fully saturated rings. The Labute approximate surface area is 187 Å². The number of nitrogens with zero attached hydrogens (tertiary/aromatic N) is 4. The molecule has 0 N–H and O–H groups in total. The number of aromatic nitrogens is 2. The molecule has 0 bridgehead atoms. The zero-order valence-corrected chi connectivity index (χ0v) is 18.8. The van der Waals surface area contributed by atoms with E-state index in [1.165, 1.54) is 10.4 Å². The van der Waals surface area contributed by atoms with Gasteiger partial charge in [0.1, 0.15) is 0 Å². The summed E-state index contributed by atoms with van der Waals surface area (Å²) in [6.45, 7) is 4.31. The lowest BCUT2D eigenvalue weighted by atomic mass is 9.96. The van der Waals surface area contributed by atoms with Crippen molar-refractivity contribution in [3.05, 3.63) is 65.6 Å². The number of amides is 2. The van der Waals surface area contributed by atoms with E-state index in [9.17, 15) is 9.59 Å². The number of carbonyl (C=O) groups excluding carboxylic acids is 2. The van der Waals surface area contributed by atoms with Crippen LogP contribution >= 0.6 is 11.3 Å². The molecule has 0 aliphatic carbocycles. The Morgan fingerprint density at radius 3 is 2.65 bits per heavy atom. The van der Waals surface area contributed by atoms with Crippen molar-refractivity contribution in [2.45, 2.75) is 19.8 Å². The van der Waals surface area contributed by atoms with E-state index in [-0.39, 0.29) is 17.7 Å². The van der Waals surface area contributed by atoms with Gasteiger partial charge in [-0.3, -0.25) is 9.59 Å². The predicted octanol–water partition coefficient (Wildman–Crippen LogP) is 3.70. The number of carbonyl (C=O) groups is 2. The Morgan fingerprint density at radius 2 is 2.00 bits per heavy atom. The highest BCUT2D eigenvalue weighted by molar-refractivity contribution is 7.13. The number of imidazole rings is 1. The third-order valence-corrected chi connectivity index (χ3v) is 6.70. The Hall–Kier alpha value is -2.93. The fourth-order valence-electron chi connectivity index (χ4n) is 4.12. The van der Waals surface area contributed by atoms with E-state index in [0.717, 1.165) is 18.5 Å². The second-order valence-electron chi connectivity index (χ2n) is 8.01. The van der Waals surface area contributed by atoms with E-state index >= 15 is 0 Å². The maximum absolute atomic E-state index is 13.3. The molecule has 1 aliphatic rings. The second kappa shape index (κ2) is 9.47. The number of aryl methyl sites for hydroxylation is 1. The largest absolute Gasteiger partial charge is 0.341 e. The summed E-state index contributed by atoms with van der Waals surface area (Å²) >= 11 is 1.72. The zero-order chi connectivity index (χ0) is 21.8. The van der Waals surface area contributed by atoms with Gasteiger partial charge in [-0.1, -0.05) is 37.3 Å². The second-order valence-corrected chi connectivity index (χ2v) is 8.96. The van der Waals surface area contributed by atoms with Crippen LogP contribution in [-0.2, 0) is 18.3 Å². The first-order chi connectivity index (χ1) is 15.1. The lowest BCUT2D eigenvalue weighted by molar-refractivity contribution is -0.134. The molecule has 2 aromatic heterocycles. The van der Waals surface area contributed by atoms with Gasteiger partial charge in [-0.05, 0) is 35.4 Å². The van der Waals surface area contributed by atoms with Gasteiger partial charge in [0.15, 0.2) is 5.82 Å². The van der Waals surface area contributed by atoms with Crippen molar-refractivity contribution in [2.24, 2.45) is 13.0 Å². The minimum atomic E-state index is -0.258. The van der Waals surface area contributed by atoms with Crippen LogP contribution in [0.3, 0.4) is 0 Å². The van der Waals surface area contributed by atoms with E-state index in [1.54, 1.807) is 33.2 Å². The molecule has 1 aliphatic heterocycles. The number of thiophene rings is 1. The van der Waals surface area contributed by atoms with Crippen LogP contribution < -0.4 is 0 Å². The van der Waals surface area contributed by atoms with Crippen LogP contribution in [0, 0.1) is 5.92 Å². The number of hydrogen-bond donors (Lipinski definition) is 0. The van der Waals surface area contributed by atoms with E-state index in [1.807, 2.05) is 18.0 Å². The third-order valence-electron chi connectivity index (χ3n) is 5.78. The molecule has 0 radical (unpaired) electrons. The summed E-state index contributed by atoms with van der Waals surface area (Å²) in [6, 6.07) is 12.6. The van der Waals surface area contributed by atoms with E-state index < -0.39 is 0 Å². The van der Waals surface area contributed by atoms with Crippen molar-refractivity contribution in [3.63, 3.8) is 0 Å². The van der Waals surface area contributed by atoms with Gasteiger partial charge < -0.3 is 14.4 Å². The summed E-state index contributed by atoms with van der Waals surface area (Å²) in [7, 11) is 1.82. The molecule has 3 aromatic rings. The molecule has 162 valence electrons. The Balaban J connectivity index is 1.54. The first-order valence-electron chi connectivity index (χ1n) is 10.7. The first kappa shape index (κ1) is 21.3. The fourth-order valence-corrected chi connectivity index (χ4v) is 4.85. The Kier molecular flexibility index (Phi) is 6.51. The fraction of sp³-hybridized carbons (Fsp3) is 0.375. The quantitative estimate of drug-likeness (QED) is 0.592.